The van der Waals surface area contributed by atoms with Gasteiger partial charge in [0.2, 0.25) is 0 Å². The van der Waals surface area contributed by atoms with Crippen LogP contribution in [0.1, 0.15) is 39.5 Å². The van der Waals surface area contributed by atoms with Crippen molar-refractivity contribution >= 4 is 6.03 Å². The lowest BCUT2D eigenvalue weighted by Crippen LogP contribution is -2.41. The molecule has 1 aliphatic heterocycles. The third-order valence-corrected chi connectivity index (χ3v) is 3.12. The number of rotatable bonds is 0. The van der Waals surface area contributed by atoms with E-state index < -0.39 is 0 Å². The second-order valence-corrected chi connectivity index (χ2v) is 3.65. The molecule has 1 saturated heterocycles. The van der Waals surface area contributed by atoms with Crippen molar-refractivity contribution in [2.45, 2.75) is 45.1 Å². The number of nitrogens with zero attached hydrogens (tertiary/aromatic N) is 1. The van der Waals surface area contributed by atoms with E-state index in [9.17, 15) is 4.79 Å². The number of carbonyl (C=O) groups excluding carboxylic acids is 1. The Morgan fingerprint density at radius 1 is 1.31 bits per heavy atom. The molecule has 13 heavy (non-hydrogen) atoms. The fraction of sp³-hybridized carbons (Fsp3) is 0.900. The zero-order chi connectivity index (χ0) is 9.90. The number of urea groups is 1. The number of amides is 2. The van der Waals surface area contributed by atoms with Gasteiger partial charge in [0, 0.05) is 13.6 Å². The van der Waals surface area contributed by atoms with Crippen LogP contribution < -0.4 is 5.32 Å². The molecule has 3 heteroatoms. The van der Waals surface area contributed by atoms with E-state index in [1.165, 1.54) is 25.7 Å². The van der Waals surface area contributed by atoms with E-state index in [4.69, 9.17) is 0 Å². The molecule has 76 valence electrons. The van der Waals surface area contributed by atoms with Gasteiger partial charge in [-0.05, 0) is 12.8 Å². The molecule has 1 spiro atoms. The molecule has 0 unspecified atom stereocenters. The third kappa shape index (κ3) is 1.64. The summed E-state index contributed by atoms with van der Waals surface area (Å²) in [6.45, 7) is 4.86. The van der Waals surface area contributed by atoms with E-state index in [0.29, 0.717) is 0 Å². The molecule has 0 radical (unpaired) electrons. The van der Waals surface area contributed by atoms with Crippen LogP contribution >= 0.6 is 0 Å². The molecule has 2 fully saturated rings. The van der Waals surface area contributed by atoms with Gasteiger partial charge in [0.05, 0.1) is 5.54 Å². The Morgan fingerprint density at radius 2 is 1.85 bits per heavy atom. The van der Waals surface area contributed by atoms with Gasteiger partial charge in [0.1, 0.15) is 0 Å². The van der Waals surface area contributed by atoms with Crippen molar-refractivity contribution in [2.24, 2.45) is 0 Å². The van der Waals surface area contributed by atoms with Gasteiger partial charge in [-0.15, -0.1) is 0 Å². The fourth-order valence-corrected chi connectivity index (χ4v) is 2.24. The SMILES string of the molecule is CC.CN1C(=O)NCC12CCCC2. The zero-order valence-corrected chi connectivity index (χ0v) is 8.89. The summed E-state index contributed by atoms with van der Waals surface area (Å²) in [5.74, 6) is 0. The van der Waals surface area contributed by atoms with Crippen molar-refractivity contribution in [3.05, 3.63) is 0 Å². The van der Waals surface area contributed by atoms with E-state index in [2.05, 4.69) is 5.32 Å². The highest BCUT2D eigenvalue weighted by molar-refractivity contribution is 5.77. The summed E-state index contributed by atoms with van der Waals surface area (Å²) in [6.07, 6.45) is 4.92. The predicted octanol–water partition coefficient (Wildman–Crippen LogP) is 1.98. The van der Waals surface area contributed by atoms with Crippen LogP contribution in [-0.4, -0.2) is 30.1 Å². The Kier molecular flexibility index (Phi) is 3.17. The van der Waals surface area contributed by atoms with Crippen LogP contribution in [-0.2, 0) is 0 Å². The van der Waals surface area contributed by atoms with E-state index >= 15 is 0 Å². The first-order valence-electron chi connectivity index (χ1n) is 5.26. The molecule has 0 aromatic heterocycles. The van der Waals surface area contributed by atoms with Crippen LogP contribution in [0.5, 0.6) is 0 Å². The van der Waals surface area contributed by atoms with Crippen LogP contribution in [0.15, 0.2) is 0 Å². The van der Waals surface area contributed by atoms with Crippen molar-refractivity contribution in [3.8, 4) is 0 Å². The van der Waals surface area contributed by atoms with Crippen molar-refractivity contribution in [1.29, 1.82) is 0 Å². The predicted molar refractivity (Wildman–Crippen MR) is 53.7 cm³/mol. The van der Waals surface area contributed by atoms with E-state index in [1.807, 2.05) is 25.8 Å². The van der Waals surface area contributed by atoms with Gasteiger partial charge in [0.25, 0.3) is 0 Å². The van der Waals surface area contributed by atoms with Gasteiger partial charge in [0.15, 0.2) is 0 Å². The molecule has 3 nitrogen and oxygen atoms in total. The number of likely N-dealkylation sites (N-methyl/N-ethyl adjacent to an activating group) is 1. The maximum Gasteiger partial charge on any atom is 0.317 e. The largest absolute Gasteiger partial charge is 0.336 e. The molecule has 1 N–H and O–H groups in total. The summed E-state index contributed by atoms with van der Waals surface area (Å²) < 4.78 is 0. The maximum absolute atomic E-state index is 11.2. The van der Waals surface area contributed by atoms with Crippen LogP contribution in [0.25, 0.3) is 0 Å². The van der Waals surface area contributed by atoms with E-state index in [-0.39, 0.29) is 11.6 Å². The van der Waals surface area contributed by atoms with Gasteiger partial charge in [-0.1, -0.05) is 26.7 Å². The molecule has 1 saturated carbocycles. The van der Waals surface area contributed by atoms with Crippen LogP contribution in [0.2, 0.25) is 0 Å². The lowest BCUT2D eigenvalue weighted by molar-refractivity contribution is 0.181. The minimum absolute atomic E-state index is 0.104. The highest BCUT2D eigenvalue weighted by Crippen LogP contribution is 2.36. The highest BCUT2D eigenvalue weighted by atomic mass is 16.2. The molecule has 0 aromatic rings. The Hall–Kier alpha value is -0.730. The number of hydrogen-bond donors (Lipinski definition) is 1. The summed E-state index contributed by atoms with van der Waals surface area (Å²) in [7, 11) is 1.91. The second kappa shape index (κ2) is 3.99. The second-order valence-electron chi connectivity index (χ2n) is 3.65. The summed E-state index contributed by atoms with van der Waals surface area (Å²) >= 11 is 0. The molecule has 1 aliphatic carbocycles. The minimum atomic E-state index is 0.104. The molecule has 0 atom stereocenters. The first kappa shape index (κ1) is 10.4. The minimum Gasteiger partial charge on any atom is -0.336 e. The van der Waals surface area contributed by atoms with Crippen molar-refractivity contribution in [3.63, 3.8) is 0 Å². The van der Waals surface area contributed by atoms with Crippen molar-refractivity contribution in [1.82, 2.24) is 10.2 Å². The summed E-state index contributed by atoms with van der Waals surface area (Å²) in [4.78, 5) is 13.0. The van der Waals surface area contributed by atoms with Crippen molar-refractivity contribution < 1.29 is 4.79 Å². The molecule has 0 aromatic carbocycles. The highest BCUT2D eigenvalue weighted by Gasteiger charge is 2.44. The summed E-state index contributed by atoms with van der Waals surface area (Å²) in [5, 5.41) is 2.89. The lowest BCUT2D eigenvalue weighted by atomic mass is 9.98. The Morgan fingerprint density at radius 3 is 2.23 bits per heavy atom. The molecule has 2 rings (SSSR count). The Labute approximate surface area is 80.5 Å². The lowest BCUT2D eigenvalue weighted by Gasteiger charge is -2.29. The molecule has 2 aliphatic rings. The average Bonchev–Trinajstić information content (AvgIpc) is 2.74. The van der Waals surface area contributed by atoms with Gasteiger partial charge in [-0.25, -0.2) is 4.79 Å². The monoisotopic (exact) mass is 184 g/mol. The molecule has 2 amide bonds. The normalized spacial score (nSPS) is 24.2. The van der Waals surface area contributed by atoms with Gasteiger partial charge >= 0.3 is 6.03 Å². The van der Waals surface area contributed by atoms with Gasteiger partial charge < -0.3 is 10.2 Å². The summed E-state index contributed by atoms with van der Waals surface area (Å²) in [6, 6.07) is 0.104. The van der Waals surface area contributed by atoms with Crippen LogP contribution in [0.3, 0.4) is 0 Å². The fourth-order valence-electron chi connectivity index (χ4n) is 2.24. The topological polar surface area (TPSA) is 32.3 Å². The average molecular weight is 184 g/mol. The first-order valence-corrected chi connectivity index (χ1v) is 5.26. The smallest absolute Gasteiger partial charge is 0.317 e. The van der Waals surface area contributed by atoms with Gasteiger partial charge in [-0.2, -0.15) is 0 Å². The molecular formula is C10H20N2O. The molecule has 1 heterocycles. The molecule has 0 bridgehead atoms. The third-order valence-electron chi connectivity index (χ3n) is 3.12. The van der Waals surface area contributed by atoms with Crippen molar-refractivity contribution in [2.75, 3.05) is 13.6 Å². The first-order chi connectivity index (χ1) is 6.25. The van der Waals surface area contributed by atoms with E-state index in [1.54, 1.807) is 0 Å². The Bertz CT molecular complexity index is 185. The quantitative estimate of drug-likeness (QED) is 0.613. The number of nitrogens with one attached hydrogen (secondary N) is 1. The number of carbonyl (C=O) groups is 1. The maximum atomic E-state index is 11.2. The van der Waals surface area contributed by atoms with Crippen LogP contribution in [0, 0.1) is 0 Å². The van der Waals surface area contributed by atoms with Gasteiger partial charge in [-0.3, -0.25) is 0 Å². The van der Waals surface area contributed by atoms with Crippen LogP contribution in [0.4, 0.5) is 4.79 Å². The number of hydrogen-bond acceptors (Lipinski definition) is 1. The van der Waals surface area contributed by atoms with E-state index in [0.717, 1.165) is 6.54 Å². The Balaban J connectivity index is 0.000000396. The summed E-state index contributed by atoms with van der Waals surface area (Å²) in [5.41, 5.74) is 0.192. The molecular weight excluding hydrogens is 164 g/mol. The zero-order valence-electron chi connectivity index (χ0n) is 8.89. The standard InChI is InChI=1S/C8H14N2O.C2H6/c1-10-7(11)9-6-8(10)4-2-3-5-8;1-2/h2-6H2,1H3,(H,9,11);1-2H3.